The van der Waals surface area contributed by atoms with Crippen molar-refractivity contribution in [3.8, 4) is 23.0 Å². The fourth-order valence-corrected chi connectivity index (χ4v) is 3.70. The van der Waals surface area contributed by atoms with Crippen LogP contribution in [-0.4, -0.2) is 22.2 Å². The van der Waals surface area contributed by atoms with Crippen molar-refractivity contribution in [3.63, 3.8) is 0 Å². The van der Waals surface area contributed by atoms with Crippen molar-refractivity contribution in [1.29, 1.82) is 0 Å². The van der Waals surface area contributed by atoms with Gasteiger partial charge < -0.3 is 19.7 Å². The first kappa shape index (κ1) is 23.6. The minimum Gasteiger partial charge on any atom is -0.478 e. The first-order valence-electron chi connectivity index (χ1n) is 11.0. The van der Waals surface area contributed by atoms with Crippen molar-refractivity contribution in [2.45, 2.75) is 19.3 Å². The van der Waals surface area contributed by atoms with Crippen molar-refractivity contribution < 1.29 is 29.3 Å². The summed E-state index contributed by atoms with van der Waals surface area (Å²) >= 11 is 0. The summed E-state index contributed by atoms with van der Waals surface area (Å²) in [5.41, 5.74) is 2.19. The molecule has 0 atom stereocenters. The SMILES string of the molecule is CC(C)(c1ccc(Oc2cccc(C(=O)O)c2)cc1)c1ccc(Oc2cccc(C(=O)O)c2)cc1. The van der Waals surface area contributed by atoms with Gasteiger partial charge in [-0.3, -0.25) is 0 Å². The number of benzene rings is 4. The molecule has 0 unspecified atom stereocenters. The number of hydrogen-bond donors (Lipinski definition) is 2. The molecule has 0 heterocycles. The fraction of sp³-hybridized carbons (Fsp3) is 0.103. The highest BCUT2D eigenvalue weighted by atomic mass is 16.5. The summed E-state index contributed by atoms with van der Waals surface area (Å²) in [6.45, 7) is 4.23. The highest BCUT2D eigenvalue weighted by Crippen LogP contribution is 2.34. The molecule has 4 rings (SSSR count). The van der Waals surface area contributed by atoms with E-state index in [0.29, 0.717) is 23.0 Å². The molecule has 4 aromatic carbocycles. The maximum Gasteiger partial charge on any atom is 0.335 e. The zero-order valence-electron chi connectivity index (χ0n) is 19.3. The van der Waals surface area contributed by atoms with Gasteiger partial charge in [-0.25, -0.2) is 9.59 Å². The third kappa shape index (κ3) is 5.50. The van der Waals surface area contributed by atoms with Gasteiger partial charge >= 0.3 is 11.9 Å². The summed E-state index contributed by atoms with van der Waals surface area (Å²) in [7, 11) is 0. The van der Waals surface area contributed by atoms with Crippen LogP contribution in [0.15, 0.2) is 97.1 Å². The van der Waals surface area contributed by atoms with Crippen LogP contribution in [0.2, 0.25) is 0 Å². The molecular formula is C29H24O6. The van der Waals surface area contributed by atoms with Crippen molar-refractivity contribution in [2.75, 3.05) is 0 Å². The summed E-state index contributed by atoms with van der Waals surface area (Å²) < 4.78 is 11.6. The van der Waals surface area contributed by atoms with E-state index >= 15 is 0 Å². The molecule has 0 saturated carbocycles. The molecule has 0 saturated heterocycles. The van der Waals surface area contributed by atoms with Crippen LogP contribution in [0, 0.1) is 0 Å². The molecule has 6 nitrogen and oxygen atoms in total. The smallest absolute Gasteiger partial charge is 0.335 e. The van der Waals surface area contributed by atoms with Gasteiger partial charge in [-0.15, -0.1) is 0 Å². The maximum atomic E-state index is 11.2. The number of carboxylic acid groups (broad SMARTS) is 2. The Bertz CT molecular complexity index is 1250. The Kier molecular flexibility index (Phi) is 6.55. The monoisotopic (exact) mass is 468 g/mol. The highest BCUT2D eigenvalue weighted by Gasteiger charge is 2.23. The number of rotatable bonds is 8. The molecule has 6 heteroatoms. The van der Waals surface area contributed by atoms with Crippen molar-refractivity contribution in [2.24, 2.45) is 0 Å². The maximum absolute atomic E-state index is 11.2. The fourth-order valence-electron chi connectivity index (χ4n) is 3.70. The van der Waals surface area contributed by atoms with Gasteiger partial charge in [0.1, 0.15) is 23.0 Å². The van der Waals surface area contributed by atoms with Crippen molar-refractivity contribution >= 4 is 11.9 Å². The molecule has 0 bridgehead atoms. The molecule has 4 aromatic rings. The number of carbonyl (C=O) groups is 2. The second-order valence-corrected chi connectivity index (χ2v) is 8.54. The molecule has 0 spiro atoms. The van der Waals surface area contributed by atoms with E-state index < -0.39 is 11.9 Å². The predicted molar refractivity (Wildman–Crippen MR) is 132 cm³/mol. The van der Waals surface area contributed by atoms with Gasteiger partial charge in [0.25, 0.3) is 0 Å². The van der Waals surface area contributed by atoms with Gasteiger partial charge in [-0.05, 0) is 71.8 Å². The van der Waals surface area contributed by atoms with Gasteiger partial charge in [0, 0.05) is 5.41 Å². The lowest BCUT2D eigenvalue weighted by molar-refractivity contribution is 0.0686. The Labute approximate surface area is 203 Å². The average molecular weight is 469 g/mol. The second-order valence-electron chi connectivity index (χ2n) is 8.54. The Balaban J connectivity index is 1.47. The lowest BCUT2D eigenvalue weighted by atomic mass is 9.78. The van der Waals surface area contributed by atoms with Gasteiger partial charge in [-0.2, -0.15) is 0 Å². The quantitative estimate of drug-likeness (QED) is 0.289. The molecule has 2 N–H and O–H groups in total. The van der Waals surface area contributed by atoms with Crippen molar-refractivity contribution in [3.05, 3.63) is 119 Å². The molecule has 0 aliphatic rings. The molecule has 35 heavy (non-hydrogen) atoms. The van der Waals surface area contributed by atoms with E-state index in [0.717, 1.165) is 11.1 Å². The number of hydrogen-bond acceptors (Lipinski definition) is 4. The minimum atomic E-state index is -1.00. The van der Waals surface area contributed by atoms with E-state index in [1.54, 1.807) is 24.3 Å². The molecular weight excluding hydrogens is 444 g/mol. The van der Waals surface area contributed by atoms with Crippen LogP contribution in [0.5, 0.6) is 23.0 Å². The van der Waals surface area contributed by atoms with Crippen LogP contribution in [0.25, 0.3) is 0 Å². The minimum absolute atomic E-state index is 0.169. The normalized spacial score (nSPS) is 11.0. The summed E-state index contributed by atoms with van der Waals surface area (Å²) in [6.07, 6.45) is 0. The lowest BCUT2D eigenvalue weighted by Crippen LogP contribution is -2.18. The molecule has 0 aromatic heterocycles. The van der Waals surface area contributed by atoms with E-state index in [4.69, 9.17) is 19.7 Å². The molecule has 0 aliphatic carbocycles. The average Bonchev–Trinajstić information content (AvgIpc) is 2.85. The Morgan fingerprint density at radius 1 is 0.571 bits per heavy atom. The van der Waals surface area contributed by atoms with Gasteiger partial charge in [0.2, 0.25) is 0 Å². The van der Waals surface area contributed by atoms with E-state index in [-0.39, 0.29) is 16.5 Å². The van der Waals surface area contributed by atoms with Crippen LogP contribution in [0.4, 0.5) is 0 Å². The first-order valence-corrected chi connectivity index (χ1v) is 11.0. The van der Waals surface area contributed by atoms with Crippen LogP contribution in [0.3, 0.4) is 0 Å². The predicted octanol–water partition coefficient (Wildman–Crippen LogP) is 6.99. The first-order chi connectivity index (χ1) is 16.7. The summed E-state index contributed by atoms with van der Waals surface area (Å²) in [6, 6.07) is 28.1. The Hall–Kier alpha value is -4.58. The second kappa shape index (κ2) is 9.73. The molecule has 0 fully saturated rings. The van der Waals surface area contributed by atoms with Crippen LogP contribution in [-0.2, 0) is 5.41 Å². The Morgan fingerprint density at radius 3 is 1.29 bits per heavy atom. The van der Waals surface area contributed by atoms with Gasteiger partial charge in [0.05, 0.1) is 11.1 Å². The topological polar surface area (TPSA) is 93.1 Å². The highest BCUT2D eigenvalue weighted by molar-refractivity contribution is 5.88. The van der Waals surface area contributed by atoms with Gasteiger partial charge in [0.15, 0.2) is 0 Å². The summed E-state index contributed by atoms with van der Waals surface area (Å²) in [5.74, 6) is 0.136. The van der Waals surface area contributed by atoms with E-state index in [1.807, 2.05) is 48.5 Å². The van der Waals surface area contributed by atoms with E-state index in [9.17, 15) is 9.59 Å². The molecule has 0 aliphatic heterocycles. The third-order valence-corrected chi connectivity index (χ3v) is 5.79. The lowest BCUT2D eigenvalue weighted by Gasteiger charge is -2.26. The number of aromatic carboxylic acids is 2. The van der Waals surface area contributed by atoms with E-state index in [2.05, 4.69) is 13.8 Å². The van der Waals surface area contributed by atoms with Crippen LogP contribution < -0.4 is 9.47 Å². The molecule has 176 valence electrons. The standard InChI is InChI=1S/C29H24O6/c1-29(2,21-9-13-23(14-10-21)34-25-7-3-5-19(17-25)27(30)31)22-11-15-24(16-12-22)35-26-8-4-6-20(18-26)28(32)33/h3-18H,1-2H3,(H,30,31)(H,32,33). The molecule has 0 amide bonds. The molecule has 0 radical (unpaired) electrons. The Morgan fingerprint density at radius 2 is 0.943 bits per heavy atom. The van der Waals surface area contributed by atoms with E-state index in [1.165, 1.54) is 24.3 Å². The number of ether oxygens (including phenoxy) is 2. The third-order valence-electron chi connectivity index (χ3n) is 5.79. The van der Waals surface area contributed by atoms with Crippen LogP contribution >= 0.6 is 0 Å². The summed E-state index contributed by atoms with van der Waals surface area (Å²) in [5, 5.41) is 18.3. The zero-order valence-corrected chi connectivity index (χ0v) is 19.3. The summed E-state index contributed by atoms with van der Waals surface area (Å²) in [4.78, 5) is 22.3. The van der Waals surface area contributed by atoms with Crippen LogP contribution in [0.1, 0.15) is 45.7 Å². The van der Waals surface area contributed by atoms with Crippen molar-refractivity contribution in [1.82, 2.24) is 0 Å². The zero-order chi connectivity index (χ0) is 25.0. The largest absolute Gasteiger partial charge is 0.478 e. The number of carboxylic acids is 2. The van der Waals surface area contributed by atoms with Gasteiger partial charge in [-0.1, -0.05) is 50.2 Å².